The predicted octanol–water partition coefficient (Wildman–Crippen LogP) is 3.83. The summed E-state index contributed by atoms with van der Waals surface area (Å²) in [7, 11) is 1.89. The molecule has 134 valence electrons. The van der Waals surface area contributed by atoms with Gasteiger partial charge >= 0.3 is 0 Å². The summed E-state index contributed by atoms with van der Waals surface area (Å²) in [4.78, 5) is 11.1. The third-order valence-corrected chi connectivity index (χ3v) is 5.63. The summed E-state index contributed by atoms with van der Waals surface area (Å²) < 4.78 is 1.75. The molecule has 5 nitrogen and oxygen atoms in total. The van der Waals surface area contributed by atoms with E-state index in [9.17, 15) is 0 Å². The molecule has 0 aromatic carbocycles. The minimum atomic E-state index is 0.523. The van der Waals surface area contributed by atoms with Gasteiger partial charge in [0.1, 0.15) is 5.15 Å². The fourth-order valence-electron chi connectivity index (χ4n) is 3.71. The first-order valence-corrected chi connectivity index (χ1v) is 9.26. The van der Waals surface area contributed by atoms with Crippen molar-refractivity contribution in [3.05, 3.63) is 64.8 Å². The van der Waals surface area contributed by atoms with Crippen molar-refractivity contribution in [1.29, 1.82) is 0 Å². The van der Waals surface area contributed by atoms with Gasteiger partial charge in [-0.15, -0.1) is 0 Å². The smallest absolute Gasteiger partial charge is 0.131 e. The van der Waals surface area contributed by atoms with Gasteiger partial charge in [-0.1, -0.05) is 11.6 Å². The Labute approximate surface area is 158 Å². The molecule has 4 rings (SSSR count). The van der Waals surface area contributed by atoms with Crippen LogP contribution < -0.4 is 0 Å². The molecule has 0 bridgehead atoms. The zero-order valence-corrected chi connectivity index (χ0v) is 15.8. The van der Waals surface area contributed by atoms with E-state index in [4.69, 9.17) is 11.6 Å². The molecular weight excluding hydrogens is 346 g/mol. The lowest BCUT2D eigenvalue weighted by Gasteiger charge is -2.16. The molecule has 6 heteroatoms. The normalized spacial score (nSPS) is 17.7. The second-order valence-corrected chi connectivity index (χ2v) is 7.27. The van der Waals surface area contributed by atoms with Gasteiger partial charge in [0, 0.05) is 49.9 Å². The summed E-state index contributed by atoms with van der Waals surface area (Å²) >= 11 is 6.39. The molecule has 1 aliphatic heterocycles. The Morgan fingerprint density at radius 1 is 1.19 bits per heavy atom. The lowest BCUT2D eigenvalue weighted by atomic mass is 9.97. The summed E-state index contributed by atoms with van der Waals surface area (Å²) in [6.45, 7) is 4.99. The molecule has 0 saturated carbocycles. The molecule has 0 radical (unpaired) electrons. The van der Waals surface area contributed by atoms with Crippen molar-refractivity contribution in [3.8, 4) is 11.3 Å². The zero-order valence-electron chi connectivity index (χ0n) is 15.1. The molecule has 0 aliphatic carbocycles. The van der Waals surface area contributed by atoms with E-state index in [1.165, 1.54) is 5.56 Å². The van der Waals surface area contributed by atoms with Crippen LogP contribution in [-0.4, -0.2) is 37.7 Å². The van der Waals surface area contributed by atoms with Crippen molar-refractivity contribution in [2.24, 2.45) is 7.05 Å². The number of aryl methyl sites for hydroxylation is 2. The Balaban J connectivity index is 1.49. The number of hydrogen-bond donors (Lipinski definition) is 0. The Morgan fingerprint density at radius 3 is 2.73 bits per heavy atom. The van der Waals surface area contributed by atoms with Crippen molar-refractivity contribution in [3.63, 3.8) is 0 Å². The highest BCUT2D eigenvalue weighted by Crippen LogP contribution is 2.31. The number of aromatic nitrogens is 4. The molecule has 4 heterocycles. The first-order valence-electron chi connectivity index (χ1n) is 8.88. The van der Waals surface area contributed by atoms with Gasteiger partial charge in [0.15, 0.2) is 0 Å². The van der Waals surface area contributed by atoms with Crippen LogP contribution in [0.4, 0.5) is 0 Å². The Hall–Kier alpha value is -2.24. The third-order valence-electron chi connectivity index (χ3n) is 5.16. The highest BCUT2D eigenvalue weighted by Gasteiger charge is 2.26. The standard InChI is InChI=1S/C20H22ClN5/c1-14-18(20(21)25(2)24-14)13-26-10-6-17(12-26)16-5-9-23-19(11-16)15-3-7-22-8-4-15/h3-5,7-9,11,17H,6,10,12-13H2,1-2H3/t17-/m0/s1. The second-order valence-electron chi connectivity index (χ2n) is 6.91. The van der Waals surface area contributed by atoms with E-state index >= 15 is 0 Å². The second kappa shape index (κ2) is 7.17. The Bertz CT molecular complexity index is 906. The van der Waals surface area contributed by atoms with E-state index in [0.717, 1.165) is 53.7 Å². The summed E-state index contributed by atoms with van der Waals surface area (Å²) in [6, 6.07) is 8.35. The van der Waals surface area contributed by atoms with Crippen LogP contribution in [0.15, 0.2) is 42.9 Å². The van der Waals surface area contributed by atoms with E-state index in [1.54, 1.807) is 17.1 Å². The van der Waals surface area contributed by atoms with Gasteiger partial charge in [-0.3, -0.25) is 19.5 Å². The Kier molecular flexibility index (Phi) is 4.74. The van der Waals surface area contributed by atoms with Gasteiger partial charge in [-0.05, 0) is 55.6 Å². The molecule has 26 heavy (non-hydrogen) atoms. The molecule has 0 N–H and O–H groups in total. The highest BCUT2D eigenvalue weighted by molar-refractivity contribution is 6.30. The molecule has 1 atom stereocenters. The van der Waals surface area contributed by atoms with Crippen LogP contribution in [0.3, 0.4) is 0 Å². The largest absolute Gasteiger partial charge is 0.298 e. The molecule has 1 fully saturated rings. The van der Waals surface area contributed by atoms with Gasteiger partial charge < -0.3 is 0 Å². The quantitative estimate of drug-likeness (QED) is 0.703. The number of likely N-dealkylation sites (tertiary alicyclic amines) is 1. The van der Waals surface area contributed by atoms with Crippen molar-refractivity contribution >= 4 is 11.6 Å². The SMILES string of the molecule is Cc1nn(C)c(Cl)c1CN1CC[C@H](c2ccnc(-c3ccncc3)c2)C1. The summed E-state index contributed by atoms with van der Waals surface area (Å²) in [6.07, 6.45) is 6.68. The molecule has 0 amide bonds. The van der Waals surface area contributed by atoms with Crippen LogP contribution in [-0.2, 0) is 13.6 Å². The average Bonchev–Trinajstić information content (AvgIpc) is 3.23. The third kappa shape index (κ3) is 3.37. The fraction of sp³-hybridized carbons (Fsp3) is 0.350. The number of pyridine rings is 2. The van der Waals surface area contributed by atoms with Crippen molar-refractivity contribution < 1.29 is 0 Å². The van der Waals surface area contributed by atoms with Crippen molar-refractivity contribution in [2.75, 3.05) is 13.1 Å². The number of rotatable bonds is 4. The molecular formula is C20H22ClN5. The van der Waals surface area contributed by atoms with Crippen LogP contribution in [0.25, 0.3) is 11.3 Å². The van der Waals surface area contributed by atoms with Crippen LogP contribution in [0.1, 0.15) is 29.2 Å². The van der Waals surface area contributed by atoms with Gasteiger partial charge in [0.25, 0.3) is 0 Å². The zero-order chi connectivity index (χ0) is 18.1. The molecule has 0 spiro atoms. The van der Waals surface area contributed by atoms with Gasteiger partial charge in [0.05, 0.1) is 11.4 Å². The number of hydrogen-bond acceptors (Lipinski definition) is 4. The first-order chi connectivity index (χ1) is 12.6. The highest BCUT2D eigenvalue weighted by atomic mass is 35.5. The van der Waals surface area contributed by atoms with E-state index in [2.05, 4.69) is 32.1 Å². The molecule has 1 saturated heterocycles. The van der Waals surface area contributed by atoms with E-state index in [1.807, 2.05) is 32.3 Å². The predicted molar refractivity (Wildman–Crippen MR) is 103 cm³/mol. The van der Waals surface area contributed by atoms with Crippen molar-refractivity contribution in [1.82, 2.24) is 24.6 Å². The van der Waals surface area contributed by atoms with Crippen LogP contribution in [0.2, 0.25) is 5.15 Å². The van der Waals surface area contributed by atoms with E-state index in [-0.39, 0.29) is 0 Å². The topological polar surface area (TPSA) is 46.8 Å². The lowest BCUT2D eigenvalue weighted by molar-refractivity contribution is 0.326. The fourth-order valence-corrected chi connectivity index (χ4v) is 3.94. The van der Waals surface area contributed by atoms with Gasteiger partial charge in [0.2, 0.25) is 0 Å². The molecule has 1 aliphatic rings. The van der Waals surface area contributed by atoms with E-state index < -0.39 is 0 Å². The maximum atomic E-state index is 6.39. The van der Waals surface area contributed by atoms with Crippen LogP contribution in [0.5, 0.6) is 0 Å². The monoisotopic (exact) mass is 367 g/mol. The van der Waals surface area contributed by atoms with Crippen molar-refractivity contribution in [2.45, 2.75) is 25.8 Å². The lowest BCUT2D eigenvalue weighted by Crippen LogP contribution is -2.20. The Morgan fingerprint density at radius 2 is 2.00 bits per heavy atom. The maximum Gasteiger partial charge on any atom is 0.131 e. The minimum absolute atomic E-state index is 0.523. The maximum absolute atomic E-state index is 6.39. The van der Waals surface area contributed by atoms with E-state index in [0.29, 0.717) is 5.92 Å². The van der Waals surface area contributed by atoms with Crippen LogP contribution >= 0.6 is 11.6 Å². The summed E-state index contributed by atoms with van der Waals surface area (Å²) in [5.41, 5.74) is 5.62. The molecule has 3 aromatic heterocycles. The van der Waals surface area contributed by atoms with Gasteiger partial charge in [-0.25, -0.2) is 0 Å². The summed E-state index contributed by atoms with van der Waals surface area (Å²) in [5.74, 6) is 0.523. The molecule has 3 aromatic rings. The average molecular weight is 368 g/mol. The number of halogens is 1. The molecule has 0 unspecified atom stereocenters. The summed E-state index contributed by atoms with van der Waals surface area (Å²) in [5, 5.41) is 5.16. The first kappa shape index (κ1) is 17.2. The minimum Gasteiger partial charge on any atom is -0.298 e. The van der Waals surface area contributed by atoms with Crippen LogP contribution in [0, 0.1) is 6.92 Å². The number of nitrogens with zero attached hydrogens (tertiary/aromatic N) is 5. The van der Waals surface area contributed by atoms with Gasteiger partial charge in [-0.2, -0.15) is 5.10 Å².